The molecule has 0 bridgehead atoms. The molecule has 0 aliphatic heterocycles. The maximum absolute atomic E-state index is 6.66. The average molecular weight is 609 g/mol. The third-order valence-electron chi connectivity index (χ3n) is 9.64. The van der Waals surface area contributed by atoms with Crippen molar-refractivity contribution in [3.63, 3.8) is 0 Å². The molecule has 0 radical (unpaired) electrons. The molecule has 3 aromatic heterocycles. The molecule has 1 aliphatic carbocycles. The van der Waals surface area contributed by atoms with Gasteiger partial charge in [-0.1, -0.05) is 57.5 Å². The van der Waals surface area contributed by atoms with Crippen LogP contribution in [-0.2, 0) is 0 Å². The molecule has 0 saturated carbocycles. The van der Waals surface area contributed by atoms with E-state index in [9.17, 15) is 0 Å². The number of pyridine rings is 1. The molecule has 3 aromatic carbocycles. The Hall–Kier alpha value is -4.64. The van der Waals surface area contributed by atoms with Crippen molar-refractivity contribution in [1.29, 1.82) is 0 Å². The first-order valence-corrected chi connectivity index (χ1v) is 16.6. The number of nitrogens with zero attached hydrogens (tertiary/aromatic N) is 4. The molecule has 1 aliphatic rings. The summed E-state index contributed by atoms with van der Waals surface area (Å²) < 4.78 is 11.1. The highest BCUT2D eigenvalue weighted by Gasteiger charge is 2.33. The van der Waals surface area contributed by atoms with Gasteiger partial charge in [0.1, 0.15) is 17.3 Å². The fourth-order valence-corrected chi connectivity index (χ4v) is 7.95. The van der Waals surface area contributed by atoms with Crippen molar-refractivity contribution in [2.45, 2.75) is 73.6 Å². The number of hydrogen-bond acceptors (Lipinski definition) is 3. The van der Waals surface area contributed by atoms with E-state index in [0.717, 1.165) is 45.3 Å². The standard InChI is InChI=1S/C41H44N4O/c1-24(2)41-40(39-28(6)17-26(4)18-29(39)7)30(8)43-45(41)31-19-27(5)20-33(22-31)46-32-13-14-35-34-11-9-10-12-36(34)44(37(35)23-32)38-21-25(3)15-16-42-38/h9-17,19-24,26,29,39H,18H2,1-8H3/t26?,29-,39+/m0/s1. The summed E-state index contributed by atoms with van der Waals surface area (Å²) >= 11 is 0. The minimum Gasteiger partial charge on any atom is -0.457 e. The highest BCUT2D eigenvalue weighted by atomic mass is 16.5. The average Bonchev–Trinajstić information content (AvgIpc) is 3.51. The molecule has 234 valence electrons. The first-order valence-electron chi connectivity index (χ1n) is 16.6. The Morgan fingerprint density at radius 2 is 1.59 bits per heavy atom. The van der Waals surface area contributed by atoms with E-state index in [-0.39, 0.29) is 0 Å². The SMILES string of the molecule is CC1=CC(C)C[C@H](C)[C@@H]1c1c(C)nn(-c2cc(C)cc(Oc3ccc4c5ccccc5n(-c5cc(C)ccn5)c4c3)c2)c1C(C)C. The lowest BCUT2D eigenvalue weighted by molar-refractivity contribution is 0.389. The van der Waals surface area contributed by atoms with Crippen LogP contribution in [0.3, 0.4) is 0 Å². The summed E-state index contributed by atoms with van der Waals surface area (Å²) in [6.07, 6.45) is 5.55. The fraction of sp³-hybridized carbons (Fsp3) is 0.317. The third kappa shape index (κ3) is 5.22. The number of rotatable bonds is 6. The summed E-state index contributed by atoms with van der Waals surface area (Å²) in [4.78, 5) is 4.74. The zero-order chi connectivity index (χ0) is 32.3. The van der Waals surface area contributed by atoms with Gasteiger partial charge in [-0.3, -0.25) is 4.57 Å². The smallest absolute Gasteiger partial charge is 0.137 e. The maximum atomic E-state index is 6.66. The van der Waals surface area contributed by atoms with Crippen molar-refractivity contribution in [3.05, 3.63) is 119 Å². The molecule has 7 rings (SSSR count). The van der Waals surface area contributed by atoms with E-state index in [0.29, 0.717) is 23.7 Å². The van der Waals surface area contributed by atoms with Crippen molar-refractivity contribution in [3.8, 4) is 23.0 Å². The zero-order valence-corrected chi connectivity index (χ0v) is 28.3. The molecule has 5 nitrogen and oxygen atoms in total. The molecule has 5 heteroatoms. The van der Waals surface area contributed by atoms with E-state index in [2.05, 4.69) is 137 Å². The first kappa shape index (κ1) is 30.0. The number of hydrogen-bond donors (Lipinski definition) is 0. The van der Waals surface area contributed by atoms with Gasteiger partial charge in [0.2, 0.25) is 0 Å². The number of fused-ring (bicyclic) bond motifs is 3. The van der Waals surface area contributed by atoms with Gasteiger partial charge in [-0.25, -0.2) is 9.67 Å². The predicted octanol–water partition coefficient (Wildman–Crippen LogP) is 10.9. The molecular formula is C41H44N4O. The minimum atomic E-state index is 0.319. The van der Waals surface area contributed by atoms with Gasteiger partial charge < -0.3 is 4.74 Å². The number of aryl methyl sites for hydroxylation is 3. The second kappa shape index (κ2) is 11.6. The molecule has 0 N–H and O–H groups in total. The number of para-hydroxylation sites is 1. The van der Waals surface area contributed by atoms with Crippen LogP contribution in [0.1, 0.15) is 81.0 Å². The zero-order valence-electron chi connectivity index (χ0n) is 28.3. The van der Waals surface area contributed by atoms with Crippen LogP contribution < -0.4 is 4.74 Å². The number of ether oxygens (including phenoxy) is 1. The molecule has 1 unspecified atom stereocenters. The normalized spacial score (nSPS) is 18.5. The van der Waals surface area contributed by atoms with Gasteiger partial charge in [-0.15, -0.1) is 0 Å². The van der Waals surface area contributed by atoms with Gasteiger partial charge in [0.25, 0.3) is 0 Å². The summed E-state index contributed by atoms with van der Waals surface area (Å²) in [5.41, 5.74) is 10.8. The van der Waals surface area contributed by atoms with Crippen LogP contribution in [0.4, 0.5) is 0 Å². The lowest BCUT2D eigenvalue weighted by atomic mass is 9.71. The Bertz CT molecular complexity index is 2130. The molecule has 0 saturated heterocycles. The Kier molecular flexibility index (Phi) is 7.59. The lowest BCUT2D eigenvalue weighted by Crippen LogP contribution is -2.21. The Morgan fingerprint density at radius 3 is 2.35 bits per heavy atom. The summed E-state index contributed by atoms with van der Waals surface area (Å²) in [6, 6.07) is 25.5. The molecule has 46 heavy (non-hydrogen) atoms. The molecule has 6 aromatic rings. The first-order chi connectivity index (χ1) is 22.1. The van der Waals surface area contributed by atoms with Gasteiger partial charge in [-0.2, -0.15) is 5.10 Å². The molecule has 0 fully saturated rings. The van der Waals surface area contributed by atoms with Gasteiger partial charge in [0.05, 0.1) is 28.1 Å². The second-order valence-corrected chi connectivity index (χ2v) is 13.9. The van der Waals surface area contributed by atoms with E-state index in [1.54, 1.807) is 0 Å². The van der Waals surface area contributed by atoms with Crippen LogP contribution >= 0.6 is 0 Å². The summed E-state index contributed by atoms with van der Waals surface area (Å²) in [7, 11) is 0. The van der Waals surface area contributed by atoms with Crippen molar-refractivity contribution >= 4 is 21.8 Å². The van der Waals surface area contributed by atoms with Crippen molar-refractivity contribution in [2.75, 3.05) is 0 Å². The van der Waals surface area contributed by atoms with Gasteiger partial charge >= 0.3 is 0 Å². The Balaban J connectivity index is 1.31. The Morgan fingerprint density at radius 1 is 0.804 bits per heavy atom. The molecule has 0 amide bonds. The highest BCUT2D eigenvalue weighted by Crippen LogP contribution is 2.45. The largest absolute Gasteiger partial charge is 0.457 e. The Labute approximate surface area is 272 Å². The van der Waals surface area contributed by atoms with Crippen LogP contribution in [-0.4, -0.2) is 19.3 Å². The van der Waals surface area contributed by atoms with Gasteiger partial charge in [0, 0.05) is 40.6 Å². The van der Waals surface area contributed by atoms with Gasteiger partial charge in [0.15, 0.2) is 0 Å². The van der Waals surface area contributed by atoms with Crippen LogP contribution in [0.2, 0.25) is 0 Å². The summed E-state index contributed by atoms with van der Waals surface area (Å²) in [6.45, 7) is 18.0. The van der Waals surface area contributed by atoms with E-state index < -0.39 is 0 Å². The van der Waals surface area contributed by atoms with Crippen molar-refractivity contribution < 1.29 is 4.74 Å². The number of aromatic nitrogens is 4. The number of allylic oxidation sites excluding steroid dienone is 2. The summed E-state index contributed by atoms with van der Waals surface area (Å²) in [5, 5.41) is 7.57. The molecule has 3 heterocycles. The molecule has 0 spiro atoms. The second-order valence-electron chi connectivity index (χ2n) is 13.9. The molecule has 3 atom stereocenters. The monoisotopic (exact) mass is 608 g/mol. The molecular weight excluding hydrogens is 564 g/mol. The maximum Gasteiger partial charge on any atom is 0.137 e. The van der Waals surface area contributed by atoms with Crippen LogP contribution in [0.5, 0.6) is 11.5 Å². The van der Waals surface area contributed by atoms with Crippen molar-refractivity contribution in [2.24, 2.45) is 11.8 Å². The fourth-order valence-electron chi connectivity index (χ4n) is 7.95. The van der Waals surface area contributed by atoms with Crippen LogP contribution in [0.25, 0.3) is 33.3 Å². The minimum absolute atomic E-state index is 0.319. The quantitative estimate of drug-likeness (QED) is 0.177. The van der Waals surface area contributed by atoms with Gasteiger partial charge in [-0.05, 0) is 105 Å². The van der Waals surface area contributed by atoms with E-state index >= 15 is 0 Å². The topological polar surface area (TPSA) is 44.9 Å². The third-order valence-corrected chi connectivity index (χ3v) is 9.64. The number of benzene rings is 3. The summed E-state index contributed by atoms with van der Waals surface area (Å²) in [5.74, 6) is 4.39. The predicted molar refractivity (Wildman–Crippen MR) is 190 cm³/mol. The van der Waals surface area contributed by atoms with Crippen LogP contribution in [0, 0.1) is 32.6 Å². The highest BCUT2D eigenvalue weighted by molar-refractivity contribution is 6.09. The van der Waals surface area contributed by atoms with Crippen molar-refractivity contribution in [1.82, 2.24) is 19.3 Å². The van der Waals surface area contributed by atoms with Crippen LogP contribution in [0.15, 0.2) is 90.6 Å². The lowest BCUT2D eigenvalue weighted by Gasteiger charge is -2.33. The van der Waals surface area contributed by atoms with E-state index in [4.69, 9.17) is 14.8 Å². The van der Waals surface area contributed by atoms with E-state index in [1.807, 2.05) is 12.3 Å². The van der Waals surface area contributed by atoms with E-state index in [1.165, 1.54) is 39.6 Å².